The fraction of sp³-hybridized carbons (Fsp3) is 0.241. The average Bonchev–Trinajstić information content (AvgIpc) is 3.54. The molecule has 1 fully saturated rings. The predicted molar refractivity (Wildman–Crippen MR) is 138 cm³/mol. The van der Waals surface area contributed by atoms with E-state index in [2.05, 4.69) is 10.2 Å². The number of aromatic amines is 1. The number of hydrogen-bond donors (Lipinski definition) is 3. The Hall–Kier alpha value is -4.15. The van der Waals surface area contributed by atoms with E-state index in [1.54, 1.807) is 22.8 Å². The lowest BCUT2D eigenvalue weighted by atomic mass is 9.77. The van der Waals surface area contributed by atoms with Crippen LogP contribution in [-0.4, -0.2) is 44.2 Å². The summed E-state index contributed by atoms with van der Waals surface area (Å²) in [6, 6.07) is 10.9. The van der Waals surface area contributed by atoms with Crippen molar-refractivity contribution in [2.45, 2.75) is 37.4 Å². The van der Waals surface area contributed by atoms with Gasteiger partial charge < -0.3 is 19.5 Å². The van der Waals surface area contributed by atoms with Gasteiger partial charge in [-0.15, -0.1) is 0 Å². The summed E-state index contributed by atoms with van der Waals surface area (Å²) >= 11 is 0. The van der Waals surface area contributed by atoms with Crippen molar-refractivity contribution in [2.75, 3.05) is 7.11 Å². The minimum absolute atomic E-state index is 0.0345. The van der Waals surface area contributed by atoms with Gasteiger partial charge in [-0.1, -0.05) is 18.6 Å². The number of nitrogens with zero attached hydrogens (tertiary/aromatic N) is 2. The number of aliphatic hydroxyl groups is 1. The third-order valence-electron chi connectivity index (χ3n) is 7.69. The van der Waals surface area contributed by atoms with Crippen LogP contribution in [0.3, 0.4) is 0 Å². The minimum atomic E-state index is -1.64. The van der Waals surface area contributed by atoms with Crippen molar-refractivity contribution in [3.8, 4) is 16.8 Å². The fourth-order valence-electron chi connectivity index (χ4n) is 5.87. The number of H-pyrrole nitrogens is 1. The molecule has 6 rings (SSSR count). The number of rotatable bonds is 5. The molecule has 7 nitrogen and oxygen atoms in total. The molecule has 3 N–H and O–H groups in total. The molecule has 10 heteroatoms. The van der Waals surface area contributed by atoms with Crippen LogP contribution >= 0.6 is 0 Å². The minimum Gasteiger partial charge on any atom is -0.478 e. The highest BCUT2D eigenvalue weighted by Gasteiger charge is 2.46. The van der Waals surface area contributed by atoms with Crippen LogP contribution < -0.4 is 0 Å². The van der Waals surface area contributed by atoms with Gasteiger partial charge in [0.25, 0.3) is 0 Å². The number of fused-ring (bicyclic) bond motifs is 2. The summed E-state index contributed by atoms with van der Waals surface area (Å²) in [5, 5.41) is 29.0. The van der Waals surface area contributed by atoms with E-state index < -0.39 is 35.1 Å². The third-order valence-corrected chi connectivity index (χ3v) is 7.69. The highest BCUT2D eigenvalue weighted by atomic mass is 19.2. The number of methoxy groups -OCH3 is 1. The molecule has 2 aromatic heterocycles. The summed E-state index contributed by atoms with van der Waals surface area (Å²) in [6.07, 6.45) is 3.03. The van der Waals surface area contributed by atoms with Crippen LogP contribution in [0.25, 0.3) is 38.6 Å². The Balaban J connectivity index is 1.81. The van der Waals surface area contributed by atoms with Crippen LogP contribution in [-0.2, 0) is 10.3 Å². The van der Waals surface area contributed by atoms with E-state index in [1.807, 2.05) is 0 Å². The van der Waals surface area contributed by atoms with E-state index in [4.69, 9.17) is 4.74 Å². The second-order valence-electron chi connectivity index (χ2n) is 9.85. The molecule has 5 aromatic rings. The first kappa shape index (κ1) is 25.1. The maximum Gasteiger partial charge on any atom is 0.335 e. The lowest BCUT2D eigenvalue weighted by molar-refractivity contribution is -0.125. The number of ether oxygens (including phenoxy) is 1. The first-order chi connectivity index (χ1) is 18.7. The summed E-state index contributed by atoms with van der Waals surface area (Å²) in [4.78, 5) is 11.5. The van der Waals surface area contributed by atoms with E-state index in [0.717, 1.165) is 18.6 Å². The molecule has 0 aliphatic heterocycles. The van der Waals surface area contributed by atoms with Crippen molar-refractivity contribution in [1.29, 1.82) is 0 Å². The average molecular weight is 536 g/mol. The molecular weight excluding hydrogens is 511 g/mol. The van der Waals surface area contributed by atoms with Crippen LogP contribution in [0.5, 0.6) is 0 Å². The van der Waals surface area contributed by atoms with E-state index in [9.17, 15) is 23.8 Å². The van der Waals surface area contributed by atoms with E-state index >= 15 is 4.39 Å². The monoisotopic (exact) mass is 535 g/mol. The van der Waals surface area contributed by atoms with Gasteiger partial charge in [0.1, 0.15) is 11.1 Å². The number of carbonyl (C=O) groups is 1. The van der Waals surface area contributed by atoms with E-state index in [1.165, 1.54) is 31.5 Å². The lowest BCUT2D eigenvalue weighted by Crippen LogP contribution is -2.45. The smallest absolute Gasteiger partial charge is 0.335 e. The summed E-state index contributed by atoms with van der Waals surface area (Å²) < 4.78 is 52.2. The van der Waals surface area contributed by atoms with Gasteiger partial charge in [0.2, 0.25) is 0 Å². The molecule has 0 spiro atoms. The standard InChI is InChI=1S/C29H24F3N3O4/c1-39-22-4-2-3-11-29(22,38)27-23(15-5-7-16(8-6-15)28(36)37)24-21(12-17-14-33-34-26(17)25(24)32)35(27)18-9-10-19(30)20(31)13-18/h5-10,12-14,22,38H,2-4,11H2,1H3,(H,33,34)(H,36,37). The number of hydrogen-bond acceptors (Lipinski definition) is 4. The molecular formula is C29H24F3N3O4. The van der Waals surface area contributed by atoms with Gasteiger partial charge in [0, 0.05) is 35.2 Å². The van der Waals surface area contributed by atoms with Crippen molar-refractivity contribution < 1.29 is 32.9 Å². The van der Waals surface area contributed by atoms with Crippen LogP contribution in [0.1, 0.15) is 41.7 Å². The summed E-state index contributed by atoms with van der Waals surface area (Å²) in [6.45, 7) is 0. The van der Waals surface area contributed by atoms with Gasteiger partial charge in [-0.05, 0) is 55.2 Å². The Morgan fingerprint density at radius 1 is 1.10 bits per heavy atom. The second-order valence-corrected chi connectivity index (χ2v) is 9.85. The molecule has 0 amide bonds. The van der Waals surface area contributed by atoms with Gasteiger partial charge in [0.05, 0.1) is 29.1 Å². The topological polar surface area (TPSA) is 100 Å². The number of carboxylic acids is 1. The molecule has 3 aromatic carbocycles. The van der Waals surface area contributed by atoms with Crippen molar-refractivity contribution >= 4 is 27.8 Å². The van der Waals surface area contributed by atoms with Gasteiger partial charge >= 0.3 is 5.97 Å². The summed E-state index contributed by atoms with van der Waals surface area (Å²) in [5.41, 5.74) is -0.00784. The SMILES string of the molecule is COC1CCCCC1(O)c1c(-c2ccc(C(=O)O)cc2)c2c(F)c3[nH]ncc3cc2n1-c1ccc(F)c(F)c1. The largest absolute Gasteiger partial charge is 0.478 e. The zero-order chi connectivity index (χ0) is 27.5. The third kappa shape index (κ3) is 3.82. The zero-order valence-corrected chi connectivity index (χ0v) is 20.8. The number of benzene rings is 3. The Labute approximate surface area is 220 Å². The molecule has 2 heterocycles. The molecule has 0 bridgehead atoms. The van der Waals surface area contributed by atoms with Gasteiger partial charge in [-0.3, -0.25) is 5.10 Å². The number of halogens is 3. The number of aromatic nitrogens is 3. The fourth-order valence-corrected chi connectivity index (χ4v) is 5.87. The molecule has 2 atom stereocenters. The highest BCUT2D eigenvalue weighted by Crippen LogP contribution is 2.49. The molecule has 0 radical (unpaired) electrons. The summed E-state index contributed by atoms with van der Waals surface area (Å²) in [7, 11) is 1.49. The first-order valence-corrected chi connectivity index (χ1v) is 12.5. The molecule has 0 saturated heterocycles. The maximum absolute atomic E-state index is 16.4. The van der Waals surface area contributed by atoms with Crippen molar-refractivity contribution in [1.82, 2.24) is 14.8 Å². The van der Waals surface area contributed by atoms with Gasteiger partial charge in [-0.25, -0.2) is 18.0 Å². The van der Waals surface area contributed by atoms with Crippen LogP contribution in [0.4, 0.5) is 13.2 Å². The predicted octanol–water partition coefficient (Wildman–Crippen LogP) is 6.07. The van der Waals surface area contributed by atoms with E-state index in [-0.39, 0.29) is 34.3 Å². The Morgan fingerprint density at radius 2 is 1.87 bits per heavy atom. The van der Waals surface area contributed by atoms with Crippen LogP contribution in [0.2, 0.25) is 0 Å². The molecule has 39 heavy (non-hydrogen) atoms. The first-order valence-electron chi connectivity index (χ1n) is 12.5. The molecule has 1 aliphatic rings. The van der Waals surface area contributed by atoms with Crippen molar-refractivity contribution in [3.63, 3.8) is 0 Å². The quantitative estimate of drug-likeness (QED) is 0.254. The maximum atomic E-state index is 16.4. The van der Waals surface area contributed by atoms with E-state index in [0.29, 0.717) is 34.9 Å². The summed E-state index contributed by atoms with van der Waals surface area (Å²) in [5.74, 6) is -3.91. The van der Waals surface area contributed by atoms with Gasteiger partial charge in [-0.2, -0.15) is 5.10 Å². The number of nitrogens with one attached hydrogen (secondary N) is 1. The molecule has 200 valence electrons. The molecule has 1 aliphatic carbocycles. The van der Waals surface area contributed by atoms with Gasteiger partial charge in [0.15, 0.2) is 17.5 Å². The van der Waals surface area contributed by atoms with Crippen molar-refractivity contribution in [2.24, 2.45) is 0 Å². The molecule has 1 saturated carbocycles. The van der Waals surface area contributed by atoms with Crippen molar-refractivity contribution in [3.05, 3.63) is 83.4 Å². The normalized spacial score (nSPS) is 19.7. The zero-order valence-electron chi connectivity index (χ0n) is 20.8. The molecule has 2 unspecified atom stereocenters. The van der Waals surface area contributed by atoms with Crippen LogP contribution in [0, 0.1) is 17.5 Å². The van der Waals surface area contributed by atoms with Crippen LogP contribution in [0.15, 0.2) is 54.7 Å². The lowest BCUT2D eigenvalue weighted by Gasteiger charge is -2.40. The Morgan fingerprint density at radius 3 is 2.56 bits per heavy atom. The number of carboxylic acid groups (broad SMARTS) is 1. The Bertz CT molecular complexity index is 1740. The second kappa shape index (κ2) is 9.25. The number of aromatic carboxylic acids is 1. The Kier molecular flexibility index (Phi) is 5.96. The highest BCUT2D eigenvalue weighted by molar-refractivity contribution is 6.06.